The fourth-order valence-electron chi connectivity index (χ4n) is 1.26. The summed E-state index contributed by atoms with van der Waals surface area (Å²) in [6.45, 7) is 0. The van der Waals surface area contributed by atoms with Gasteiger partial charge < -0.3 is 5.32 Å². The third-order valence-corrected chi connectivity index (χ3v) is 2.89. The number of anilines is 1. The van der Waals surface area contributed by atoms with E-state index in [1.165, 1.54) is 10.7 Å². The minimum atomic E-state index is -0.946. The van der Waals surface area contributed by atoms with Gasteiger partial charge in [-0.25, -0.2) is 8.78 Å². The molecule has 0 aliphatic rings. The van der Waals surface area contributed by atoms with Crippen molar-refractivity contribution in [2.45, 2.75) is 0 Å². The Morgan fingerprint density at radius 1 is 1.39 bits per heavy atom. The summed E-state index contributed by atoms with van der Waals surface area (Å²) in [6.07, 6.45) is 1.63. The van der Waals surface area contributed by atoms with Crippen LogP contribution in [0.5, 0.6) is 0 Å². The molecule has 18 heavy (non-hydrogen) atoms. The average Bonchev–Trinajstić information content (AvgIpc) is 2.64. The zero-order valence-corrected chi connectivity index (χ0v) is 10.7. The van der Waals surface area contributed by atoms with E-state index in [0.717, 1.165) is 12.4 Å². The lowest BCUT2D eigenvalue weighted by atomic mass is 10.3. The quantitative estimate of drug-likeness (QED) is 0.923. The molecule has 0 fully saturated rings. The van der Waals surface area contributed by atoms with Crippen molar-refractivity contribution in [1.29, 1.82) is 0 Å². The third kappa shape index (κ3) is 2.37. The van der Waals surface area contributed by atoms with Crippen molar-refractivity contribution >= 4 is 27.5 Å². The summed E-state index contributed by atoms with van der Waals surface area (Å²) in [5.74, 6) is -2.60. The largest absolute Gasteiger partial charge is 0.316 e. The van der Waals surface area contributed by atoms with Crippen molar-refractivity contribution in [2.75, 3.05) is 5.32 Å². The lowest BCUT2D eigenvalue weighted by Gasteiger charge is -2.04. The van der Waals surface area contributed by atoms with Crippen molar-refractivity contribution in [1.82, 2.24) is 14.8 Å². The zero-order valence-electron chi connectivity index (χ0n) is 9.12. The van der Waals surface area contributed by atoms with Crippen LogP contribution in [-0.4, -0.2) is 20.7 Å². The number of nitrogens with zero attached hydrogens (tertiary/aromatic N) is 3. The number of carbonyl (C=O) groups is 1. The molecule has 94 valence electrons. The van der Waals surface area contributed by atoms with Crippen molar-refractivity contribution in [3.05, 3.63) is 40.4 Å². The number of halogens is 3. The number of carbonyl (C=O) groups excluding carboxylic acids is 1. The first-order valence-electron chi connectivity index (χ1n) is 4.79. The SMILES string of the molecule is Cn1nc(C(=O)Nc2c(F)cncc2F)cc1Br. The van der Waals surface area contributed by atoms with Gasteiger partial charge in [-0.3, -0.25) is 14.5 Å². The Morgan fingerprint density at radius 2 is 2.00 bits per heavy atom. The zero-order chi connectivity index (χ0) is 13.3. The highest BCUT2D eigenvalue weighted by Crippen LogP contribution is 2.18. The molecule has 0 bridgehead atoms. The first-order valence-corrected chi connectivity index (χ1v) is 5.58. The molecular weight excluding hydrogens is 310 g/mol. The second-order valence-electron chi connectivity index (χ2n) is 3.41. The summed E-state index contributed by atoms with van der Waals surface area (Å²) in [6, 6.07) is 1.44. The van der Waals surface area contributed by atoms with Gasteiger partial charge >= 0.3 is 0 Å². The number of amides is 1. The lowest BCUT2D eigenvalue weighted by Crippen LogP contribution is -2.15. The Balaban J connectivity index is 2.27. The Morgan fingerprint density at radius 3 is 2.50 bits per heavy atom. The van der Waals surface area contributed by atoms with Crippen molar-refractivity contribution in [3.63, 3.8) is 0 Å². The summed E-state index contributed by atoms with van der Waals surface area (Å²) in [5, 5.41) is 5.97. The summed E-state index contributed by atoms with van der Waals surface area (Å²) in [7, 11) is 1.62. The van der Waals surface area contributed by atoms with E-state index in [4.69, 9.17) is 0 Å². The molecule has 8 heteroatoms. The minimum absolute atomic E-state index is 0.0417. The lowest BCUT2D eigenvalue weighted by molar-refractivity contribution is 0.102. The smallest absolute Gasteiger partial charge is 0.276 e. The maximum atomic E-state index is 13.3. The van der Waals surface area contributed by atoms with Crippen LogP contribution in [-0.2, 0) is 7.05 Å². The maximum Gasteiger partial charge on any atom is 0.276 e. The number of aromatic nitrogens is 3. The van der Waals surface area contributed by atoms with Gasteiger partial charge in [-0.1, -0.05) is 0 Å². The second-order valence-corrected chi connectivity index (χ2v) is 4.22. The number of hydrogen-bond acceptors (Lipinski definition) is 3. The van der Waals surface area contributed by atoms with Crippen LogP contribution in [0, 0.1) is 11.6 Å². The fraction of sp³-hybridized carbons (Fsp3) is 0.100. The summed E-state index contributed by atoms with van der Waals surface area (Å²) in [5.41, 5.74) is -0.503. The van der Waals surface area contributed by atoms with Gasteiger partial charge in [0.1, 0.15) is 10.3 Å². The molecule has 0 unspecified atom stereocenters. The van der Waals surface area contributed by atoms with Crippen LogP contribution in [0.1, 0.15) is 10.5 Å². The topological polar surface area (TPSA) is 59.8 Å². The van der Waals surface area contributed by atoms with Crippen molar-refractivity contribution in [2.24, 2.45) is 7.05 Å². The van der Waals surface area contributed by atoms with Crippen LogP contribution >= 0.6 is 15.9 Å². The molecule has 0 aromatic carbocycles. The van der Waals surface area contributed by atoms with E-state index in [9.17, 15) is 13.6 Å². The number of rotatable bonds is 2. The van der Waals surface area contributed by atoms with Crippen LogP contribution < -0.4 is 5.32 Å². The Labute approximate surface area is 109 Å². The molecule has 0 atom stereocenters. The molecular formula is C10H7BrF2N4O. The van der Waals surface area contributed by atoms with Gasteiger partial charge in [0, 0.05) is 13.1 Å². The molecule has 5 nitrogen and oxygen atoms in total. The van der Waals surface area contributed by atoms with Gasteiger partial charge in [0.25, 0.3) is 5.91 Å². The monoisotopic (exact) mass is 316 g/mol. The highest BCUT2D eigenvalue weighted by molar-refractivity contribution is 9.10. The minimum Gasteiger partial charge on any atom is -0.316 e. The predicted octanol–water partition coefficient (Wildman–Crippen LogP) is 2.11. The fourth-order valence-corrected chi connectivity index (χ4v) is 1.56. The van der Waals surface area contributed by atoms with Crippen molar-refractivity contribution < 1.29 is 13.6 Å². The van der Waals surface area contributed by atoms with Gasteiger partial charge in [0.05, 0.1) is 12.4 Å². The molecule has 1 N–H and O–H groups in total. The van der Waals surface area contributed by atoms with E-state index in [2.05, 4.69) is 31.3 Å². The Kier molecular flexibility index (Phi) is 3.37. The number of hydrogen-bond donors (Lipinski definition) is 1. The van der Waals surface area contributed by atoms with E-state index >= 15 is 0 Å². The van der Waals surface area contributed by atoms with Crippen molar-refractivity contribution in [3.8, 4) is 0 Å². The molecule has 2 rings (SSSR count). The molecule has 2 heterocycles. The standard InChI is InChI=1S/C10H7BrF2N4O/c1-17-8(11)2-7(16-17)10(18)15-9-5(12)3-14-4-6(9)13/h2-4H,1H3,(H,14,15,18). The predicted molar refractivity (Wildman–Crippen MR) is 63.0 cm³/mol. The molecule has 2 aromatic heterocycles. The molecule has 2 aromatic rings. The maximum absolute atomic E-state index is 13.3. The second kappa shape index (κ2) is 4.81. The molecule has 0 aliphatic carbocycles. The van der Waals surface area contributed by atoms with Gasteiger partial charge in [-0.05, 0) is 15.9 Å². The number of nitrogens with one attached hydrogen (secondary N) is 1. The van der Waals surface area contributed by atoms with Gasteiger partial charge in [-0.15, -0.1) is 0 Å². The first-order chi connectivity index (χ1) is 8.49. The highest BCUT2D eigenvalue weighted by Gasteiger charge is 2.16. The summed E-state index contributed by atoms with van der Waals surface area (Å²) < 4.78 is 28.5. The normalized spacial score (nSPS) is 10.4. The molecule has 0 spiro atoms. The number of pyridine rings is 1. The first kappa shape index (κ1) is 12.6. The molecule has 0 aliphatic heterocycles. The Hall–Kier alpha value is -1.83. The van der Waals surface area contributed by atoms with E-state index in [1.54, 1.807) is 7.05 Å². The van der Waals surface area contributed by atoms with Crippen LogP contribution in [0.3, 0.4) is 0 Å². The van der Waals surface area contributed by atoms with Gasteiger partial charge in [-0.2, -0.15) is 5.10 Å². The van der Waals surface area contributed by atoms with E-state index in [1.807, 2.05) is 0 Å². The van der Waals surface area contributed by atoms with E-state index in [-0.39, 0.29) is 5.69 Å². The van der Waals surface area contributed by atoms with Crippen LogP contribution in [0.15, 0.2) is 23.1 Å². The summed E-state index contributed by atoms with van der Waals surface area (Å²) >= 11 is 3.16. The average molecular weight is 317 g/mol. The molecule has 0 saturated heterocycles. The van der Waals surface area contributed by atoms with Gasteiger partial charge in [0.15, 0.2) is 17.3 Å². The highest BCUT2D eigenvalue weighted by atomic mass is 79.9. The van der Waals surface area contributed by atoms with Crippen LogP contribution in [0.25, 0.3) is 0 Å². The molecule has 1 amide bonds. The van der Waals surface area contributed by atoms with E-state index < -0.39 is 23.2 Å². The molecule has 0 saturated carbocycles. The van der Waals surface area contributed by atoms with Crippen LogP contribution in [0.2, 0.25) is 0 Å². The van der Waals surface area contributed by atoms with Crippen LogP contribution in [0.4, 0.5) is 14.5 Å². The molecule has 0 radical (unpaired) electrons. The van der Waals surface area contributed by atoms with Gasteiger partial charge in [0.2, 0.25) is 0 Å². The number of aryl methyl sites for hydroxylation is 1. The third-order valence-electron chi connectivity index (χ3n) is 2.15. The Bertz CT molecular complexity index is 574. The summed E-state index contributed by atoms with van der Waals surface area (Å²) in [4.78, 5) is 15.0. The van der Waals surface area contributed by atoms with E-state index in [0.29, 0.717) is 4.60 Å².